The third-order valence-corrected chi connectivity index (χ3v) is 4.45. The van der Waals surface area contributed by atoms with Gasteiger partial charge in [-0.2, -0.15) is 4.98 Å². The summed E-state index contributed by atoms with van der Waals surface area (Å²) in [6.45, 7) is 6.13. The van der Waals surface area contributed by atoms with Crippen LogP contribution in [0, 0.1) is 5.92 Å². The van der Waals surface area contributed by atoms with Gasteiger partial charge in [0.1, 0.15) is 0 Å². The van der Waals surface area contributed by atoms with E-state index in [1.807, 2.05) is 6.92 Å². The fraction of sp³-hybridized carbons (Fsp3) is 0.800. The summed E-state index contributed by atoms with van der Waals surface area (Å²) < 4.78 is 10.5. The average molecular weight is 293 g/mol. The second-order valence-electron chi connectivity index (χ2n) is 6.00. The van der Waals surface area contributed by atoms with Crippen LogP contribution in [-0.4, -0.2) is 40.7 Å². The first-order valence-electron chi connectivity index (χ1n) is 7.93. The summed E-state index contributed by atoms with van der Waals surface area (Å²) in [6.07, 6.45) is 4.04. The third-order valence-electron chi connectivity index (χ3n) is 4.45. The van der Waals surface area contributed by atoms with Gasteiger partial charge in [0, 0.05) is 5.92 Å². The predicted molar refractivity (Wildman–Crippen MR) is 75.6 cm³/mol. The Bertz CT molecular complexity index is 490. The largest absolute Gasteiger partial charge is 0.466 e. The van der Waals surface area contributed by atoms with Crippen LogP contribution < -0.4 is 0 Å². The van der Waals surface area contributed by atoms with Crippen molar-refractivity contribution in [3.63, 3.8) is 0 Å². The lowest BCUT2D eigenvalue weighted by molar-refractivity contribution is -0.149. The van der Waals surface area contributed by atoms with Crippen LogP contribution in [0.2, 0.25) is 0 Å². The van der Waals surface area contributed by atoms with Crippen molar-refractivity contribution in [2.45, 2.75) is 51.5 Å². The number of esters is 1. The Hall–Kier alpha value is -1.43. The molecule has 1 saturated heterocycles. The molecule has 21 heavy (non-hydrogen) atoms. The van der Waals surface area contributed by atoms with Crippen LogP contribution in [0.15, 0.2) is 4.52 Å². The van der Waals surface area contributed by atoms with E-state index in [1.165, 1.54) is 12.8 Å². The number of ether oxygens (including phenoxy) is 1. The van der Waals surface area contributed by atoms with Crippen LogP contribution in [0.4, 0.5) is 0 Å². The van der Waals surface area contributed by atoms with Gasteiger partial charge in [-0.25, -0.2) is 0 Å². The van der Waals surface area contributed by atoms with E-state index in [0.717, 1.165) is 31.8 Å². The molecule has 6 nitrogen and oxygen atoms in total. The SMILES string of the molecule is CCOC(=O)C1CCN(C(C)c2nc(C3CC3)no2)CC1. The van der Waals surface area contributed by atoms with E-state index in [-0.39, 0.29) is 17.9 Å². The smallest absolute Gasteiger partial charge is 0.309 e. The maximum atomic E-state index is 11.7. The lowest BCUT2D eigenvalue weighted by atomic mass is 9.96. The van der Waals surface area contributed by atoms with Crippen molar-refractivity contribution in [3.05, 3.63) is 11.7 Å². The minimum Gasteiger partial charge on any atom is -0.466 e. The van der Waals surface area contributed by atoms with E-state index < -0.39 is 0 Å². The van der Waals surface area contributed by atoms with E-state index in [4.69, 9.17) is 9.26 Å². The number of carbonyl (C=O) groups is 1. The monoisotopic (exact) mass is 293 g/mol. The highest BCUT2D eigenvalue weighted by molar-refractivity contribution is 5.72. The minimum atomic E-state index is -0.0568. The van der Waals surface area contributed by atoms with Gasteiger partial charge in [0.2, 0.25) is 5.89 Å². The van der Waals surface area contributed by atoms with Crippen molar-refractivity contribution in [3.8, 4) is 0 Å². The lowest BCUT2D eigenvalue weighted by Crippen LogP contribution is -2.38. The molecule has 0 N–H and O–H groups in total. The Kier molecular flexibility index (Phi) is 4.24. The molecule has 1 aliphatic heterocycles. The fourth-order valence-corrected chi connectivity index (χ4v) is 2.86. The summed E-state index contributed by atoms with van der Waals surface area (Å²) in [6, 6.07) is 0.119. The number of hydrogen-bond acceptors (Lipinski definition) is 6. The van der Waals surface area contributed by atoms with Gasteiger partial charge >= 0.3 is 5.97 Å². The van der Waals surface area contributed by atoms with E-state index in [0.29, 0.717) is 18.4 Å². The Morgan fingerprint density at radius 3 is 2.71 bits per heavy atom. The quantitative estimate of drug-likeness (QED) is 0.776. The van der Waals surface area contributed by atoms with Crippen molar-refractivity contribution >= 4 is 5.97 Å². The van der Waals surface area contributed by atoms with Gasteiger partial charge in [-0.15, -0.1) is 0 Å². The molecule has 2 heterocycles. The number of carbonyl (C=O) groups excluding carboxylic acids is 1. The molecule has 0 amide bonds. The van der Waals surface area contributed by atoms with Gasteiger partial charge in [0.15, 0.2) is 5.82 Å². The van der Waals surface area contributed by atoms with Gasteiger partial charge in [0.25, 0.3) is 0 Å². The van der Waals surface area contributed by atoms with E-state index in [1.54, 1.807) is 0 Å². The van der Waals surface area contributed by atoms with Gasteiger partial charge in [-0.1, -0.05) is 5.16 Å². The van der Waals surface area contributed by atoms with Crippen LogP contribution >= 0.6 is 0 Å². The summed E-state index contributed by atoms with van der Waals surface area (Å²) in [5, 5.41) is 4.07. The van der Waals surface area contributed by atoms with Crippen molar-refractivity contribution in [2.24, 2.45) is 5.92 Å². The molecule has 1 unspecified atom stereocenters. The first kappa shape index (κ1) is 14.5. The van der Waals surface area contributed by atoms with E-state index >= 15 is 0 Å². The first-order valence-corrected chi connectivity index (χ1v) is 7.93. The van der Waals surface area contributed by atoms with Crippen LogP contribution in [0.1, 0.15) is 63.2 Å². The molecule has 0 aromatic carbocycles. The van der Waals surface area contributed by atoms with Crippen LogP contribution in [0.25, 0.3) is 0 Å². The van der Waals surface area contributed by atoms with Crippen molar-refractivity contribution < 1.29 is 14.1 Å². The highest BCUT2D eigenvalue weighted by atomic mass is 16.5. The maximum absolute atomic E-state index is 11.7. The highest BCUT2D eigenvalue weighted by Crippen LogP contribution is 2.38. The van der Waals surface area contributed by atoms with E-state index in [9.17, 15) is 4.79 Å². The molecular weight excluding hydrogens is 270 g/mol. The standard InChI is InChI=1S/C15H23N3O3/c1-3-20-15(19)12-6-8-18(9-7-12)10(2)14-16-13(17-21-14)11-4-5-11/h10-12H,3-9H2,1-2H3. The van der Waals surface area contributed by atoms with Gasteiger partial charge in [0.05, 0.1) is 18.6 Å². The topological polar surface area (TPSA) is 68.5 Å². The van der Waals surface area contributed by atoms with Gasteiger partial charge in [-0.05, 0) is 52.6 Å². The number of rotatable bonds is 5. The summed E-state index contributed by atoms with van der Waals surface area (Å²) in [7, 11) is 0. The summed E-state index contributed by atoms with van der Waals surface area (Å²) in [5.41, 5.74) is 0. The molecule has 1 aromatic rings. The number of likely N-dealkylation sites (tertiary alicyclic amines) is 1. The Morgan fingerprint density at radius 2 is 2.10 bits per heavy atom. The highest BCUT2D eigenvalue weighted by Gasteiger charge is 2.33. The van der Waals surface area contributed by atoms with E-state index in [2.05, 4.69) is 22.0 Å². The summed E-state index contributed by atoms with van der Waals surface area (Å²) in [4.78, 5) is 18.6. The number of piperidine rings is 1. The second-order valence-corrected chi connectivity index (χ2v) is 6.00. The van der Waals surface area contributed by atoms with Crippen molar-refractivity contribution in [1.82, 2.24) is 15.0 Å². The van der Waals surface area contributed by atoms with Crippen molar-refractivity contribution in [1.29, 1.82) is 0 Å². The lowest BCUT2D eigenvalue weighted by Gasteiger charge is -2.33. The predicted octanol–water partition coefficient (Wildman–Crippen LogP) is 2.28. The zero-order valence-electron chi connectivity index (χ0n) is 12.7. The average Bonchev–Trinajstić information content (AvgIpc) is 3.24. The van der Waals surface area contributed by atoms with Gasteiger partial charge < -0.3 is 9.26 Å². The van der Waals surface area contributed by atoms with Crippen molar-refractivity contribution in [2.75, 3.05) is 19.7 Å². The Balaban J connectivity index is 1.54. The number of hydrogen-bond donors (Lipinski definition) is 0. The number of aromatic nitrogens is 2. The molecule has 1 aromatic heterocycles. The third kappa shape index (κ3) is 3.26. The molecule has 1 aliphatic carbocycles. The Morgan fingerprint density at radius 1 is 1.38 bits per heavy atom. The summed E-state index contributed by atoms with van der Waals surface area (Å²) >= 11 is 0. The molecule has 2 aliphatic rings. The first-order chi connectivity index (χ1) is 10.2. The number of nitrogens with zero attached hydrogens (tertiary/aromatic N) is 3. The second kappa shape index (κ2) is 6.13. The van der Waals surface area contributed by atoms with Gasteiger partial charge in [-0.3, -0.25) is 9.69 Å². The molecule has 0 spiro atoms. The molecule has 116 valence electrons. The zero-order valence-corrected chi connectivity index (χ0v) is 12.7. The normalized spacial score (nSPS) is 22.2. The Labute approximate surface area is 124 Å². The fourth-order valence-electron chi connectivity index (χ4n) is 2.86. The zero-order chi connectivity index (χ0) is 14.8. The molecule has 0 bridgehead atoms. The minimum absolute atomic E-state index is 0.0399. The van der Waals surface area contributed by atoms with Crippen LogP contribution in [-0.2, 0) is 9.53 Å². The summed E-state index contributed by atoms with van der Waals surface area (Å²) in [5.74, 6) is 2.06. The molecule has 0 radical (unpaired) electrons. The molecule has 6 heteroatoms. The molecule has 2 fully saturated rings. The maximum Gasteiger partial charge on any atom is 0.309 e. The molecular formula is C15H23N3O3. The molecule has 1 saturated carbocycles. The van der Waals surface area contributed by atoms with Crippen LogP contribution in [0.5, 0.6) is 0 Å². The van der Waals surface area contributed by atoms with Crippen LogP contribution in [0.3, 0.4) is 0 Å². The molecule has 3 rings (SSSR count). The molecule has 1 atom stereocenters.